The number of aromatic nitrogens is 1. The fourth-order valence-corrected chi connectivity index (χ4v) is 3.78. The number of aromatic amines is 1. The van der Waals surface area contributed by atoms with Crippen LogP contribution < -0.4 is 4.90 Å². The summed E-state index contributed by atoms with van der Waals surface area (Å²) >= 11 is 6.03. The molecule has 2 amide bonds. The van der Waals surface area contributed by atoms with E-state index in [0.717, 1.165) is 16.6 Å². The molecule has 0 spiro atoms. The van der Waals surface area contributed by atoms with E-state index in [4.69, 9.17) is 11.6 Å². The summed E-state index contributed by atoms with van der Waals surface area (Å²) in [5.74, 6) is -0.0555. The van der Waals surface area contributed by atoms with Gasteiger partial charge in [-0.25, -0.2) is 0 Å². The largest absolute Gasteiger partial charge is 0.378 e. The van der Waals surface area contributed by atoms with Crippen LogP contribution in [-0.2, 0) is 0 Å². The van der Waals surface area contributed by atoms with Crippen LogP contribution in [0.15, 0.2) is 48.5 Å². The lowest BCUT2D eigenvalue weighted by Crippen LogP contribution is -2.50. The highest BCUT2D eigenvalue weighted by Crippen LogP contribution is 2.22. The maximum Gasteiger partial charge on any atom is 0.270 e. The van der Waals surface area contributed by atoms with E-state index < -0.39 is 0 Å². The molecule has 4 rings (SSSR count). The molecule has 1 aromatic heterocycles. The average molecular weight is 411 g/mol. The molecule has 1 aliphatic rings. The molecule has 7 heteroatoms. The minimum Gasteiger partial charge on any atom is -0.378 e. The molecule has 0 atom stereocenters. The summed E-state index contributed by atoms with van der Waals surface area (Å²) in [5, 5.41) is 1.55. The second-order valence-electron chi connectivity index (χ2n) is 7.44. The predicted molar refractivity (Wildman–Crippen MR) is 116 cm³/mol. The minimum absolute atomic E-state index is 0.000975. The zero-order chi connectivity index (χ0) is 20.5. The summed E-state index contributed by atoms with van der Waals surface area (Å²) in [5.41, 5.74) is 3.08. The molecule has 3 aromatic rings. The average Bonchev–Trinajstić information content (AvgIpc) is 3.16. The minimum atomic E-state index is -0.0565. The molecule has 0 bridgehead atoms. The van der Waals surface area contributed by atoms with Gasteiger partial charge >= 0.3 is 0 Å². The molecule has 0 saturated carbocycles. The smallest absolute Gasteiger partial charge is 0.270 e. The Bertz CT molecular complexity index is 1070. The maximum absolute atomic E-state index is 12.9. The van der Waals surface area contributed by atoms with Gasteiger partial charge in [-0.2, -0.15) is 0 Å². The number of H-pyrrole nitrogens is 1. The molecule has 150 valence electrons. The van der Waals surface area contributed by atoms with Gasteiger partial charge in [0.25, 0.3) is 11.8 Å². The Morgan fingerprint density at radius 3 is 2.31 bits per heavy atom. The summed E-state index contributed by atoms with van der Waals surface area (Å²) in [7, 11) is 3.90. The number of amides is 2. The number of hydrogen-bond acceptors (Lipinski definition) is 3. The fraction of sp³-hybridized carbons (Fsp3) is 0.273. The third kappa shape index (κ3) is 3.93. The first-order valence-corrected chi connectivity index (χ1v) is 9.94. The number of benzene rings is 2. The molecule has 0 aliphatic carbocycles. The van der Waals surface area contributed by atoms with Crippen LogP contribution in [0.2, 0.25) is 5.02 Å². The Labute approximate surface area is 174 Å². The molecule has 0 unspecified atom stereocenters. The number of nitrogens with one attached hydrogen (secondary N) is 1. The van der Waals surface area contributed by atoms with Gasteiger partial charge in [-0.15, -0.1) is 0 Å². The van der Waals surface area contributed by atoms with Crippen molar-refractivity contribution < 1.29 is 9.59 Å². The number of carbonyl (C=O) groups is 2. The predicted octanol–water partition coefficient (Wildman–Crippen LogP) is 3.49. The van der Waals surface area contributed by atoms with Gasteiger partial charge in [-0.3, -0.25) is 9.59 Å². The van der Waals surface area contributed by atoms with E-state index in [1.165, 1.54) is 0 Å². The maximum atomic E-state index is 12.9. The molecule has 2 heterocycles. The number of nitrogens with zero attached hydrogens (tertiary/aromatic N) is 3. The van der Waals surface area contributed by atoms with Gasteiger partial charge in [0.15, 0.2) is 0 Å². The van der Waals surface area contributed by atoms with Crippen molar-refractivity contribution in [1.29, 1.82) is 0 Å². The molecule has 29 heavy (non-hydrogen) atoms. The second kappa shape index (κ2) is 7.79. The Balaban J connectivity index is 1.42. The molecular weight excluding hydrogens is 388 g/mol. The van der Waals surface area contributed by atoms with Gasteiger partial charge in [0.1, 0.15) is 5.69 Å². The third-order valence-corrected chi connectivity index (χ3v) is 5.51. The van der Waals surface area contributed by atoms with E-state index >= 15 is 0 Å². The number of anilines is 1. The Morgan fingerprint density at radius 1 is 0.931 bits per heavy atom. The van der Waals surface area contributed by atoms with Crippen LogP contribution in [0.4, 0.5) is 5.69 Å². The van der Waals surface area contributed by atoms with Gasteiger partial charge in [-0.1, -0.05) is 17.7 Å². The van der Waals surface area contributed by atoms with Crippen LogP contribution >= 0.6 is 11.6 Å². The lowest BCUT2D eigenvalue weighted by molar-refractivity contribution is 0.0533. The van der Waals surface area contributed by atoms with Crippen molar-refractivity contribution in [3.63, 3.8) is 0 Å². The standard InChI is InChI=1S/C22H23ClN4O2/c1-25(2)18-5-3-4-15(13-18)21(28)26-8-10-27(11-9-26)22(29)20-14-16-12-17(23)6-7-19(16)24-20/h3-7,12-14,24H,8-11H2,1-2H3. The number of halogens is 1. The third-order valence-electron chi connectivity index (χ3n) is 5.28. The molecule has 2 aromatic carbocycles. The summed E-state index contributed by atoms with van der Waals surface area (Å²) < 4.78 is 0. The highest BCUT2D eigenvalue weighted by Gasteiger charge is 2.26. The first-order chi connectivity index (χ1) is 13.9. The van der Waals surface area contributed by atoms with Crippen molar-refractivity contribution in [3.8, 4) is 0 Å². The zero-order valence-corrected chi connectivity index (χ0v) is 17.2. The number of rotatable bonds is 3. The van der Waals surface area contributed by atoms with Crippen LogP contribution in [0.3, 0.4) is 0 Å². The van der Waals surface area contributed by atoms with Crippen molar-refractivity contribution in [2.75, 3.05) is 45.2 Å². The van der Waals surface area contributed by atoms with Gasteiger partial charge in [-0.05, 0) is 42.5 Å². The lowest BCUT2D eigenvalue weighted by atomic mass is 10.1. The normalized spacial score (nSPS) is 14.3. The summed E-state index contributed by atoms with van der Waals surface area (Å²) in [6, 6.07) is 14.9. The van der Waals surface area contributed by atoms with Crippen molar-refractivity contribution in [2.45, 2.75) is 0 Å². The van der Waals surface area contributed by atoms with Gasteiger partial charge < -0.3 is 19.7 Å². The van der Waals surface area contributed by atoms with Crippen LogP contribution in [-0.4, -0.2) is 66.9 Å². The molecule has 1 N–H and O–H groups in total. The fourth-order valence-electron chi connectivity index (χ4n) is 3.60. The van der Waals surface area contributed by atoms with Crippen molar-refractivity contribution in [3.05, 3.63) is 64.8 Å². The monoisotopic (exact) mass is 410 g/mol. The van der Waals surface area contributed by atoms with Crippen LogP contribution in [0.1, 0.15) is 20.8 Å². The van der Waals surface area contributed by atoms with Gasteiger partial charge in [0, 0.05) is 67.5 Å². The van der Waals surface area contributed by atoms with Crippen LogP contribution in [0.5, 0.6) is 0 Å². The number of carbonyl (C=O) groups excluding carboxylic acids is 2. The Morgan fingerprint density at radius 2 is 1.62 bits per heavy atom. The lowest BCUT2D eigenvalue weighted by Gasteiger charge is -2.34. The first kappa shape index (κ1) is 19.3. The SMILES string of the molecule is CN(C)c1cccc(C(=O)N2CCN(C(=O)c3cc4cc(Cl)ccc4[nH]3)CC2)c1. The summed E-state index contributed by atoms with van der Waals surface area (Å²) in [6.07, 6.45) is 0. The number of piperazine rings is 1. The number of fused-ring (bicyclic) bond motifs is 1. The van der Waals surface area contributed by atoms with E-state index in [1.54, 1.807) is 11.0 Å². The van der Waals surface area contributed by atoms with Crippen molar-refractivity contribution in [2.24, 2.45) is 0 Å². The zero-order valence-electron chi connectivity index (χ0n) is 16.5. The highest BCUT2D eigenvalue weighted by atomic mass is 35.5. The van der Waals surface area contributed by atoms with Crippen LogP contribution in [0.25, 0.3) is 10.9 Å². The molecule has 1 fully saturated rings. The summed E-state index contributed by atoms with van der Waals surface area (Å²) in [4.78, 5) is 34.5. The molecule has 0 radical (unpaired) electrons. The quantitative estimate of drug-likeness (QED) is 0.719. The van der Waals surface area contributed by atoms with Gasteiger partial charge in [0.05, 0.1) is 0 Å². The Hall–Kier alpha value is -2.99. The van der Waals surface area contributed by atoms with E-state index in [9.17, 15) is 9.59 Å². The number of hydrogen-bond donors (Lipinski definition) is 1. The molecule has 1 saturated heterocycles. The molecular formula is C22H23ClN4O2. The highest BCUT2D eigenvalue weighted by molar-refractivity contribution is 6.31. The van der Waals surface area contributed by atoms with E-state index in [2.05, 4.69) is 4.98 Å². The van der Waals surface area contributed by atoms with Crippen molar-refractivity contribution >= 4 is 40.0 Å². The van der Waals surface area contributed by atoms with E-state index in [0.29, 0.717) is 42.5 Å². The second-order valence-corrected chi connectivity index (χ2v) is 7.88. The van der Waals surface area contributed by atoms with Crippen molar-refractivity contribution in [1.82, 2.24) is 14.8 Å². The van der Waals surface area contributed by atoms with Gasteiger partial charge in [0.2, 0.25) is 0 Å². The van der Waals surface area contributed by atoms with E-state index in [-0.39, 0.29) is 11.8 Å². The summed E-state index contributed by atoms with van der Waals surface area (Å²) in [6.45, 7) is 2.05. The molecule has 1 aliphatic heterocycles. The molecule has 6 nitrogen and oxygen atoms in total. The first-order valence-electron chi connectivity index (χ1n) is 9.56. The Kier molecular flexibility index (Phi) is 5.20. The topological polar surface area (TPSA) is 59.7 Å². The van der Waals surface area contributed by atoms with Crippen LogP contribution in [0, 0.1) is 0 Å². The van der Waals surface area contributed by atoms with E-state index in [1.807, 2.05) is 66.4 Å².